The second-order valence-electron chi connectivity index (χ2n) is 8.70. The van der Waals surface area contributed by atoms with Crippen LogP contribution in [0.5, 0.6) is 5.19 Å². The number of ether oxygens (including phenoxy) is 1. The van der Waals surface area contributed by atoms with Crippen molar-refractivity contribution >= 4 is 39.5 Å². The van der Waals surface area contributed by atoms with Crippen LogP contribution in [0.25, 0.3) is 21.6 Å². The SMILES string of the molecule is CSc1ncc(-c2ccc3nc(O[C@@H](C)C4CCN(c5nc(C(C)C)no5)CC4)sc3n2)cn1. The largest absolute Gasteiger partial charge is 0.467 e. The third-order valence-corrected chi connectivity index (χ3v) is 7.48. The van der Waals surface area contributed by atoms with Crippen LogP contribution in [-0.4, -0.2) is 55.5 Å². The molecule has 5 rings (SSSR count). The zero-order valence-electron chi connectivity index (χ0n) is 19.6. The molecule has 178 valence electrons. The lowest BCUT2D eigenvalue weighted by molar-refractivity contribution is 0.131. The number of aromatic nitrogens is 6. The van der Waals surface area contributed by atoms with E-state index in [0.29, 0.717) is 17.1 Å². The summed E-state index contributed by atoms with van der Waals surface area (Å²) in [7, 11) is 0. The predicted octanol–water partition coefficient (Wildman–Crippen LogP) is 5.06. The number of piperidine rings is 1. The number of nitrogens with zero attached hydrogens (tertiary/aromatic N) is 7. The third kappa shape index (κ3) is 4.85. The molecule has 1 atom stereocenters. The van der Waals surface area contributed by atoms with Gasteiger partial charge < -0.3 is 14.2 Å². The number of thiazole rings is 1. The number of thioether (sulfide) groups is 1. The normalized spacial score (nSPS) is 15.9. The maximum Gasteiger partial charge on any atom is 0.324 e. The first-order valence-corrected chi connectivity index (χ1v) is 13.4. The number of pyridine rings is 1. The fourth-order valence-electron chi connectivity index (χ4n) is 3.97. The molecule has 4 aromatic heterocycles. The van der Waals surface area contributed by atoms with E-state index in [1.54, 1.807) is 12.4 Å². The van der Waals surface area contributed by atoms with Gasteiger partial charge in [0.15, 0.2) is 11.0 Å². The molecule has 9 nitrogen and oxygen atoms in total. The molecule has 0 spiro atoms. The molecule has 0 unspecified atom stereocenters. The van der Waals surface area contributed by atoms with Crippen LogP contribution in [-0.2, 0) is 0 Å². The minimum absolute atomic E-state index is 0.0589. The van der Waals surface area contributed by atoms with Gasteiger partial charge in [-0.3, -0.25) is 0 Å². The van der Waals surface area contributed by atoms with Crippen molar-refractivity contribution in [2.75, 3.05) is 24.2 Å². The molecule has 1 aliphatic heterocycles. The highest BCUT2D eigenvalue weighted by Gasteiger charge is 2.28. The van der Waals surface area contributed by atoms with E-state index in [0.717, 1.165) is 58.5 Å². The van der Waals surface area contributed by atoms with Crippen molar-refractivity contribution < 1.29 is 9.26 Å². The average molecular weight is 498 g/mol. The predicted molar refractivity (Wildman–Crippen MR) is 134 cm³/mol. The minimum atomic E-state index is 0.0589. The summed E-state index contributed by atoms with van der Waals surface area (Å²) >= 11 is 2.99. The summed E-state index contributed by atoms with van der Waals surface area (Å²) in [4.78, 5) is 25.6. The maximum absolute atomic E-state index is 6.26. The molecule has 34 heavy (non-hydrogen) atoms. The van der Waals surface area contributed by atoms with E-state index in [9.17, 15) is 0 Å². The minimum Gasteiger partial charge on any atom is -0.467 e. The number of hydrogen-bond acceptors (Lipinski definition) is 11. The van der Waals surface area contributed by atoms with Gasteiger partial charge >= 0.3 is 6.01 Å². The van der Waals surface area contributed by atoms with Crippen LogP contribution in [0.2, 0.25) is 0 Å². The summed E-state index contributed by atoms with van der Waals surface area (Å²) in [6, 6.07) is 4.55. The van der Waals surface area contributed by atoms with Crippen molar-refractivity contribution in [3.63, 3.8) is 0 Å². The van der Waals surface area contributed by atoms with Gasteiger partial charge in [-0.15, -0.1) is 0 Å². The highest BCUT2D eigenvalue weighted by molar-refractivity contribution is 7.98. The Morgan fingerprint density at radius 3 is 2.53 bits per heavy atom. The second-order valence-corrected chi connectivity index (χ2v) is 10.4. The fraction of sp³-hybridized carbons (Fsp3) is 0.478. The molecular weight excluding hydrogens is 470 g/mol. The lowest BCUT2D eigenvalue weighted by atomic mass is 9.92. The van der Waals surface area contributed by atoms with E-state index < -0.39 is 0 Å². The molecule has 1 fully saturated rings. The lowest BCUT2D eigenvalue weighted by Gasteiger charge is -2.33. The van der Waals surface area contributed by atoms with Crippen LogP contribution in [0, 0.1) is 5.92 Å². The standard InChI is InChI=1S/C23H27N7O2S2/c1-13(2)19-28-22(32-29-19)30-9-7-15(8-10-30)14(3)31-23-27-18-6-5-17(26-20(18)34-23)16-11-24-21(33-4)25-12-16/h5-6,11-15H,7-10H2,1-4H3/t14-/m0/s1. The van der Waals surface area contributed by atoms with Crippen molar-refractivity contribution in [2.24, 2.45) is 5.92 Å². The van der Waals surface area contributed by atoms with Crippen molar-refractivity contribution in [3.05, 3.63) is 30.4 Å². The van der Waals surface area contributed by atoms with Crippen LogP contribution in [0.1, 0.15) is 45.4 Å². The number of fused-ring (bicyclic) bond motifs is 1. The molecular formula is C23H27N7O2S2. The fourth-order valence-corrected chi connectivity index (χ4v) is 5.15. The Hall–Kier alpha value is -2.79. The van der Waals surface area contributed by atoms with Crippen molar-refractivity contribution in [2.45, 2.75) is 50.8 Å². The molecule has 11 heteroatoms. The van der Waals surface area contributed by atoms with Crippen LogP contribution in [0.15, 0.2) is 34.2 Å². The highest BCUT2D eigenvalue weighted by Crippen LogP contribution is 2.32. The van der Waals surface area contributed by atoms with Gasteiger partial charge in [-0.2, -0.15) is 4.98 Å². The first-order chi connectivity index (χ1) is 16.5. The molecule has 5 heterocycles. The Kier molecular flexibility index (Phi) is 6.64. The van der Waals surface area contributed by atoms with E-state index in [-0.39, 0.29) is 12.0 Å². The Morgan fingerprint density at radius 1 is 1.09 bits per heavy atom. The van der Waals surface area contributed by atoms with Crippen LogP contribution in [0.3, 0.4) is 0 Å². The monoisotopic (exact) mass is 497 g/mol. The number of hydrogen-bond donors (Lipinski definition) is 0. The van der Waals surface area contributed by atoms with E-state index >= 15 is 0 Å². The summed E-state index contributed by atoms with van der Waals surface area (Å²) in [6.45, 7) is 8.01. The van der Waals surface area contributed by atoms with Gasteiger partial charge in [0, 0.05) is 37.0 Å². The molecule has 0 radical (unpaired) electrons. The molecule has 1 saturated heterocycles. The molecule has 1 aliphatic rings. The summed E-state index contributed by atoms with van der Waals surface area (Å²) in [6.07, 6.45) is 7.62. The summed E-state index contributed by atoms with van der Waals surface area (Å²) in [5.74, 6) is 1.45. The Labute approximate surface area is 206 Å². The average Bonchev–Trinajstić information content (AvgIpc) is 3.51. The quantitative estimate of drug-likeness (QED) is 0.254. The van der Waals surface area contributed by atoms with E-state index in [4.69, 9.17) is 14.2 Å². The first kappa shape index (κ1) is 23.0. The molecule has 0 bridgehead atoms. The molecule has 0 saturated carbocycles. The molecule has 0 aliphatic carbocycles. The summed E-state index contributed by atoms with van der Waals surface area (Å²) in [5.41, 5.74) is 2.56. The van der Waals surface area contributed by atoms with Gasteiger partial charge in [0.1, 0.15) is 16.5 Å². The highest BCUT2D eigenvalue weighted by atomic mass is 32.2. The topological polar surface area (TPSA) is 103 Å². The van der Waals surface area contributed by atoms with Gasteiger partial charge in [-0.1, -0.05) is 42.1 Å². The first-order valence-electron chi connectivity index (χ1n) is 11.4. The van der Waals surface area contributed by atoms with Gasteiger partial charge in [0.25, 0.3) is 5.19 Å². The van der Waals surface area contributed by atoms with E-state index in [2.05, 4.69) is 50.8 Å². The van der Waals surface area contributed by atoms with Crippen LogP contribution >= 0.6 is 23.1 Å². The van der Waals surface area contributed by atoms with Crippen LogP contribution in [0.4, 0.5) is 6.01 Å². The second kappa shape index (κ2) is 9.83. The smallest absolute Gasteiger partial charge is 0.324 e. The Morgan fingerprint density at radius 2 is 1.85 bits per heavy atom. The third-order valence-electron chi connectivity index (χ3n) is 6.05. The van der Waals surface area contributed by atoms with Gasteiger partial charge in [-0.05, 0) is 44.1 Å². The molecule has 4 aromatic rings. The van der Waals surface area contributed by atoms with E-state index in [1.807, 2.05) is 18.4 Å². The summed E-state index contributed by atoms with van der Waals surface area (Å²) in [5, 5.41) is 5.48. The van der Waals surface area contributed by atoms with Crippen molar-refractivity contribution in [1.29, 1.82) is 0 Å². The Bertz CT molecular complexity index is 1250. The van der Waals surface area contributed by atoms with Crippen molar-refractivity contribution in [3.8, 4) is 16.5 Å². The Balaban J connectivity index is 1.21. The van der Waals surface area contributed by atoms with Crippen LogP contribution < -0.4 is 9.64 Å². The molecule has 0 aromatic carbocycles. The number of rotatable bonds is 7. The molecule has 0 N–H and O–H groups in total. The lowest BCUT2D eigenvalue weighted by Crippen LogP contribution is -2.38. The number of anilines is 1. The van der Waals surface area contributed by atoms with Gasteiger partial charge in [0.2, 0.25) is 0 Å². The van der Waals surface area contributed by atoms with Gasteiger partial charge in [0.05, 0.1) is 5.69 Å². The van der Waals surface area contributed by atoms with E-state index in [1.165, 1.54) is 23.1 Å². The molecule has 0 amide bonds. The summed E-state index contributed by atoms with van der Waals surface area (Å²) < 4.78 is 11.7. The van der Waals surface area contributed by atoms with Gasteiger partial charge in [-0.25, -0.2) is 19.9 Å². The maximum atomic E-state index is 6.26. The zero-order chi connectivity index (χ0) is 23.7. The zero-order valence-corrected chi connectivity index (χ0v) is 21.3. The van der Waals surface area contributed by atoms with Crippen molar-refractivity contribution in [1.82, 2.24) is 30.1 Å².